The van der Waals surface area contributed by atoms with Crippen LogP contribution >= 0.6 is 11.6 Å². The number of carbonyl (C=O) groups is 1. The number of rotatable bonds is 6. The van der Waals surface area contributed by atoms with E-state index in [1.807, 2.05) is 69.3 Å². The second kappa shape index (κ2) is 8.79. The number of pyridine rings is 1. The topological polar surface area (TPSA) is 54.9 Å². The van der Waals surface area contributed by atoms with Crippen LogP contribution in [0, 0.1) is 20.8 Å². The zero-order valence-electron chi connectivity index (χ0n) is 18.8. The summed E-state index contributed by atoms with van der Waals surface area (Å²) < 4.78 is 2.22. The van der Waals surface area contributed by atoms with Gasteiger partial charge in [-0.15, -0.1) is 0 Å². The highest BCUT2D eigenvalue weighted by Crippen LogP contribution is 2.33. The summed E-state index contributed by atoms with van der Waals surface area (Å²) in [7, 11) is 0. The summed E-state index contributed by atoms with van der Waals surface area (Å²) in [6, 6.07) is 17.8. The molecule has 1 atom stereocenters. The molecule has 2 aromatic heterocycles. The zero-order valence-corrected chi connectivity index (χ0v) is 19.6. The first-order valence-electron chi connectivity index (χ1n) is 10.9. The Labute approximate surface area is 192 Å². The molecule has 2 heterocycles. The van der Waals surface area contributed by atoms with E-state index in [2.05, 4.69) is 22.5 Å². The van der Waals surface area contributed by atoms with Crippen LogP contribution in [0.3, 0.4) is 0 Å². The van der Waals surface area contributed by atoms with Gasteiger partial charge in [-0.25, -0.2) is 0 Å². The summed E-state index contributed by atoms with van der Waals surface area (Å²) in [5, 5.41) is 1.65. The van der Waals surface area contributed by atoms with E-state index < -0.39 is 0 Å². The third kappa shape index (κ3) is 4.03. The van der Waals surface area contributed by atoms with Crippen molar-refractivity contribution in [1.82, 2.24) is 9.55 Å². The second-order valence-electron chi connectivity index (χ2n) is 8.44. The van der Waals surface area contributed by atoms with Crippen molar-refractivity contribution < 1.29 is 4.79 Å². The molecule has 0 radical (unpaired) electrons. The average molecular weight is 447 g/mol. The first-order valence-corrected chi connectivity index (χ1v) is 11.2. The van der Waals surface area contributed by atoms with Crippen LogP contribution in [-0.2, 0) is 6.42 Å². The fraction of sp³-hybridized carbons (Fsp3) is 0.259. The molecule has 4 aromatic rings. The van der Waals surface area contributed by atoms with Gasteiger partial charge in [0.1, 0.15) is 0 Å². The van der Waals surface area contributed by atoms with Gasteiger partial charge in [0.2, 0.25) is 0 Å². The predicted octanol–water partition coefficient (Wildman–Crippen LogP) is 6.33. The number of carbonyl (C=O) groups excluding carboxylic acids is 1. The molecule has 1 N–H and O–H groups in total. The maximum Gasteiger partial charge on any atom is 0.251 e. The molecule has 0 saturated carbocycles. The number of aromatic amines is 1. The molecule has 0 aliphatic heterocycles. The highest BCUT2D eigenvalue weighted by atomic mass is 35.5. The number of Topliss-reactive ketones (excluding diaryl/α,β-unsaturated/α-hetero) is 1. The number of nitrogens with zero attached hydrogens (tertiary/aromatic N) is 1. The van der Waals surface area contributed by atoms with Gasteiger partial charge in [-0.05, 0) is 69.5 Å². The molecule has 0 spiro atoms. The largest absolute Gasteiger partial charge is 0.337 e. The van der Waals surface area contributed by atoms with E-state index in [9.17, 15) is 9.59 Å². The number of hydrogen-bond donors (Lipinski definition) is 1. The van der Waals surface area contributed by atoms with Gasteiger partial charge in [0.25, 0.3) is 5.56 Å². The highest BCUT2D eigenvalue weighted by molar-refractivity contribution is 6.30. The number of H-pyrrole nitrogens is 1. The smallest absolute Gasteiger partial charge is 0.251 e. The molecule has 0 bridgehead atoms. The maximum absolute atomic E-state index is 13.4. The number of nitrogens with one attached hydrogen (secondary N) is 1. The van der Waals surface area contributed by atoms with Gasteiger partial charge in [-0.3, -0.25) is 9.59 Å². The van der Waals surface area contributed by atoms with E-state index in [4.69, 9.17) is 11.6 Å². The summed E-state index contributed by atoms with van der Waals surface area (Å²) in [6.45, 7) is 7.92. The number of para-hydroxylation sites is 1. The third-order valence-electron chi connectivity index (χ3n) is 6.27. The fourth-order valence-electron chi connectivity index (χ4n) is 4.69. The Hall–Kier alpha value is -3.11. The molecular weight excluding hydrogens is 420 g/mol. The Bertz CT molecular complexity index is 1360. The summed E-state index contributed by atoms with van der Waals surface area (Å²) >= 11 is 6.07. The van der Waals surface area contributed by atoms with Crippen LogP contribution in [0.1, 0.15) is 57.8 Å². The monoisotopic (exact) mass is 446 g/mol. The van der Waals surface area contributed by atoms with Gasteiger partial charge in [0.05, 0.1) is 6.04 Å². The standard InChI is InChI=1S/C27H27ClN2O2/c1-16-15-17(2)29-27(32)22(16)13-14-25(31)26-19(4)30(24-8-6-5-7-23(24)26)18(3)20-9-11-21(28)12-10-20/h5-12,15,18H,13-14H2,1-4H3,(H,29,32). The Morgan fingerprint density at radius 1 is 1.06 bits per heavy atom. The lowest BCUT2D eigenvalue weighted by molar-refractivity contribution is 0.0983. The lowest BCUT2D eigenvalue weighted by atomic mass is 9.99. The van der Waals surface area contributed by atoms with Crippen molar-refractivity contribution in [1.29, 1.82) is 0 Å². The van der Waals surface area contributed by atoms with E-state index in [-0.39, 0.29) is 23.8 Å². The summed E-state index contributed by atoms with van der Waals surface area (Å²) in [6.07, 6.45) is 0.711. The Kier molecular flexibility index (Phi) is 6.07. The van der Waals surface area contributed by atoms with Crippen LogP contribution in [-0.4, -0.2) is 15.3 Å². The number of ketones is 1. The molecule has 0 fully saturated rings. The lowest BCUT2D eigenvalue weighted by Gasteiger charge is -2.18. The van der Waals surface area contributed by atoms with Crippen LogP contribution < -0.4 is 5.56 Å². The number of halogens is 1. The minimum Gasteiger partial charge on any atom is -0.337 e. The average Bonchev–Trinajstić information content (AvgIpc) is 3.04. The minimum atomic E-state index is -0.106. The third-order valence-corrected chi connectivity index (χ3v) is 6.52. The van der Waals surface area contributed by atoms with Crippen LogP contribution in [0.2, 0.25) is 5.02 Å². The summed E-state index contributed by atoms with van der Waals surface area (Å²) in [5.74, 6) is 0.0557. The molecule has 5 heteroatoms. The van der Waals surface area contributed by atoms with Gasteiger partial charge < -0.3 is 9.55 Å². The molecule has 0 saturated heterocycles. The van der Waals surface area contributed by atoms with Crippen molar-refractivity contribution in [2.75, 3.05) is 0 Å². The first kappa shape index (κ1) is 22.1. The number of benzene rings is 2. The minimum absolute atomic E-state index is 0.0425. The first-order chi connectivity index (χ1) is 15.3. The SMILES string of the molecule is Cc1cc(C)c(CCC(=O)c2c(C)n(C(C)c3ccc(Cl)cc3)c3ccccc23)c(=O)[nH]1. The molecule has 164 valence electrons. The van der Waals surface area contributed by atoms with Crippen molar-refractivity contribution >= 4 is 28.3 Å². The summed E-state index contributed by atoms with van der Waals surface area (Å²) in [5.41, 5.74) is 6.16. The molecule has 2 aromatic carbocycles. The van der Waals surface area contributed by atoms with Gasteiger partial charge in [-0.2, -0.15) is 0 Å². The maximum atomic E-state index is 13.4. The molecule has 1 unspecified atom stereocenters. The Balaban J connectivity index is 1.72. The lowest BCUT2D eigenvalue weighted by Crippen LogP contribution is -2.17. The van der Waals surface area contributed by atoms with E-state index in [1.54, 1.807) is 0 Å². The van der Waals surface area contributed by atoms with Crippen LogP contribution in [0.4, 0.5) is 0 Å². The van der Waals surface area contributed by atoms with Crippen LogP contribution in [0.15, 0.2) is 59.4 Å². The summed E-state index contributed by atoms with van der Waals surface area (Å²) in [4.78, 5) is 28.6. The predicted molar refractivity (Wildman–Crippen MR) is 131 cm³/mol. The molecule has 0 aliphatic carbocycles. The second-order valence-corrected chi connectivity index (χ2v) is 8.88. The van der Waals surface area contributed by atoms with Crippen LogP contribution in [0.5, 0.6) is 0 Å². The van der Waals surface area contributed by atoms with Gasteiger partial charge in [0.15, 0.2) is 5.78 Å². The van der Waals surface area contributed by atoms with Crippen molar-refractivity contribution in [2.24, 2.45) is 0 Å². The van der Waals surface area contributed by atoms with E-state index in [0.717, 1.165) is 39.0 Å². The molecular formula is C27H27ClN2O2. The molecule has 32 heavy (non-hydrogen) atoms. The van der Waals surface area contributed by atoms with E-state index in [1.165, 1.54) is 0 Å². The normalized spacial score (nSPS) is 12.3. The van der Waals surface area contributed by atoms with Gasteiger partial charge >= 0.3 is 0 Å². The van der Waals surface area contributed by atoms with Gasteiger partial charge in [-0.1, -0.05) is 41.9 Å². The van der Waals surface area contributed by atoms with Crippen molar-refractivity contribution in [3.8, 4) is 0 Å². The number of aromatic nitrogens is 2. The molecule has 4 rings (SSSR count). The molecule has 0 amide bonds. The van der Waals surface area contributed by atoms with Crippen LogP contribution in [0.25, 0.3) is 10.9 Å². The number of hydrogen-bond acceptors (Lipinski definition) is 2. The molecule has 0 aliphatic rings. The van der Waals surface area contributed by atoms with Gasteiger partial charge in [0, 0.05) is 44.9 Å². The number of fused-ring (bicyclic) bond motifs is 1. The Morgan fingerprint density at radius 3 is 2.44 bits per heavy atom. The van der Waals surface area contributed by atoms with E-state index >= 15 is 0 Å². The van der Waals surface area contributed by atoms with Crippen molar-refractivity contribution in [3.05, 3.63) is 104 Å². The van der Waals surface area contributed by atoms with Crippen molar-refractivity contribution in [2.45, 2.75) is 46.6 Å². The quantitative estimate of drug-likeness (QED) is 0.351. The van der Waals surface area contributed by atoms with E-state index in [0.29, 0.717) is 17.0 Å². The van der Waals surface area contributed by atoms with Crippen molar-refractivity contribution in [3.63, 3.8) is 0 Å². The zero-order chi connectivity index (χ0) is 23.0. The fourth-order valence-corrected chi connectivity index (χ4v) is 4.81. The molecule has 4 nitrogen and oxygen atoms in total. The number of aryl methyl sites for hydroxylation is 2. The highest BCUT2D eigenvalue weighted by Gasteiger charge is 2.23. The Morgan fingerprint density at radius 2 is 1.75 bits per heavy atom.